The largest absolute Gasteiger partial charge is 0.356 e. The highest BCUT2D eigenvalue weighted by Gasteiger charge is 2.30. The van der Waals surface area contributed by atoms with Crippen LogP contribution in [0.5, 0.6) is 0 Å². The van der Waals surface area contributed by atoms with E-state index < -0.39 is 0 Å². The van der Waals surface area contributed by atoms with Crippen LogP contribution in [0.3, 0.4) is 0 Å². The Morgan fingerprint density at radius 1 is 0.823 bits per heavy atom. The summed E-state index contributed by atoms with van der Waals surface area (Å²) in [4.78, 5) is 19.9. The first-order chi connectivity index (χ1) is 30.2. The van der Waals surface area contributed by atoms with Crippen LogP contribution in [-0.2, 0) is 0 Å². The molecule has 0 radical (unpaired) electrons. The van der Waals surface area contributed by atoms with Crippen molar-refractivity contribution in [2.75, 3.05) is 18.5 Å². The topological polar surface area (TPSA) is 45.2 Å². The molecule has 0 bridgehead atoms. The molecule has 1 aliphatic heterocycles. The molecule has 3 aliphatic rings. The number of hydrogen-bond acceptors (Lipinski definition) is 5. The fourth-order valence-electron chi connectivity index (χ4n) is 7.58. The second kappa shape index (κ2) is 22.2. The summed E-state index contributed by atoms with van der Waals surface area (Å²) in [5, 5.41) is 0. The summed E-state index contributed by atoms with van der Waals surface area (Å²) in [7, 11) is 2.16. The molecule has 0 spiro atoms. The lowest BCUT2D eigenvalue weighted by Gasteiger charge is -2.31. The lowest BCUT2D eigenvalue weighted by molar-refractivity contribution is 0.470. The van der Waals surface area contributed by atoms with Crippen LogP contribution < -0.4 is 4.90 Å². The minimum Gasteiger partial charge on any atom is -0.356 e. The van der Waals surface area contributed by atoms with Gasteiger partial charge in [0.15, 0.2) is 17.5 Å². The highest BCUT2D eigenvalue weighted by Crippen LogP contribution is 2.43. The van der Waals surface area contributed by atoms with Gasteiger partial charge in [-0.1, -0.05) is 172 Å². The zero-order chi connectivity index (χ0) is 43.8. The number of hydrogen-bond donors (Lipinski definition) is 0. The van der Waals surface area contributed by atoms with E-state index in [4.69, 9.17) is 21.5 Å². The van der Waals surface area contributed by atoms with Crippen molar-refractivity contribution >= 4 is 22.5 Å². The van der Waals surface area contributed by atoms with Crippen molar-refractivity contribution in [3.63, 3.8) is 0 Å². The van der Waals surface area contributed by atoms with E-state index in [9.17, 15) is 0 Å². The molecule has 3 aromatic rings. The van der Waals surface area contributed by atoms with Gasteiger partial charge in [-0.2, -0.15) is 0 Å². The van der Waals surface area contributed by atoms with Crippen LogP contribution in [0.2, 0.25) is 0 Å². The van der Waals surface area contributed by atoms with E-state index in [1.54, 1.807) is 0 Å². The molecular weight excluding hydrogens is 755 g/mol. The molecular formula is C57H61N5. The number of fused-ring (bicyclic) bond motifs is 1. The number of aromatic nitrogens is 3. The van der Waals surface area contributed by atoms with Crippen LogP contribution in [0, 0.1) is 11.8 Å². The van der Waals surface area contributed by atoms with Crippen molar-refractivity contribution < 1.29 is 0 Å². The number of allylic oxidation sites excluding steroid dienone is 22. The Hall–Kier alpha value is -6.77. The second-order valence-electron chi connectivity index (χ2n) is 15.6. The Morgan fingerprint density at radius 2 is 1.53 bits per heavy atom. The predicted octanol–water partition coefficient (Wildman–Crippen LogP) is 13.9. The molecule has 0 saturated carbocycles. The van der Waals surface area contributed by atoms with Gasteiger partial charge >= 0.3 is 0 Å². The van der Waals surface area contributed by atoms with Gasteiger partial charge in [0.25, 0.3) is 0 Å². The van der Waals surface area contributed by atoms with Crippen LogP contribution in [0.1, 0.15) is 90.9 Å². The van der Waals surface area contributed by atoms with Crippen molar-refractivity contribution in [2.45, 2.75) is 79.7 Å². The molecule has 2 aliphatic carbocycles. The van der Waals surface area contributed by atoms with Crippen LogP contribution in [0.4, 0.5) is 5.69 Å². The maximum absolute atomic E-state index is 5.08. The van der Waals surface area contributed by atoms with Gasteiger partial charge in [0.1, 0.15) is 6.04 Å². The van der Waals surface area contributed by atoms with E-state index in [1.807, 2.05) is 37.3 Å². The maximum Gasteiger partial charge on any atom is 0.164 e. The summed E-state index contributed by atoms with van der Waals surface area (Å²) >= 11 is 0. The fourth-order valence-corrected chi connectivity index (χ4v) is 7.58. The first-order valence-electron chi connectivity index (χ1n) is 22.0. The number of likely N-dealkylation sites (N-methyl/N-ethyl adjacent to an activating group) is 1. The van der Waals surface area contributed by atoms with E-state index in [0.717, 1.165) is 88.3 Å². The van der Waals surface area contributed by atoms with Crippen LogP contribution in [0.15, 0.2) is 192 Å². The summed E-state index contributed by atoms with van der Waals surface area (Å²) in [5.74, 6) is 9.09. The molecule has 1 atom stereocenters. The third kappa shape index (κ3) is 10.9. The molecule has 5 heteroatoms. The Morgan fingerprint density at radius 3 is 2.26 bits per heavy atom. The van der Waals surface area contributed by atoms with Crippen LogP contribution >= 0.6 is 0 Å². The smallest absolute Gasteiger partial charge is 0.164 e. The molecule has 6 rings (SSSR count). The minimum atomic E-state index is -0.289. The quantitative estimate of drug-likeness (QED) is 0.0869. The zero-order valence-corrected chi connectivity index (χ0v) is 37.7. The molecule has 314 valence electrons. The molecule has 0 N–H and O–H groups in total. The zero-order valence-electron chi connectivity index (χ0n) is 37.7. The molecule has 5 nitrogen and oxygen atoms in total. The van der Waals surface area contributed by atoms with E-state index in [1.165, 1.54) is 11.1 Å². The highest BCUT2D eigenvalue weighted by molar-refractivity contribution is 5.88. The van der Waals surface area contributed by atoms with E-state index >= 15 is 0 Å². The van der Waals surface area contributed by atoms with Crippen molar-refractivity contribution in [3.05, 3.63) is 209 Å². The number of para-hydroxylation sites is 1. The predicted molar refractivity (Wildman–Crippen MR) is 266 cm³/mol. The third-order valence-electron chi connectivity index (χ3n) is 11.2. The summed E-state index contributed by atoms with van der Waals surface area (Å²) in [6, 6.07) is 18.6. The fraction of sp³-hybridized carbons (Fsp3) is 0.246. The Kier molecular flexibility index (Phi) is 16.0. The SMILES string of the molecule is C=C(\C=C/C(C)=C(C)/C=C\CC)C1=C(N(C)C2C#CC/C=C(c3nc(C4=CCCC=C4)nc(-c4ccccc4)n3)\C=C/2)c2ccccc2N(C/C=C\CC)C(C)=C1/C=C\C=C/C. The van der Waals surface area contributed by atoms with Gasteiger partial charge in [-0.15, -0.1) is 0 Å². The standard InChI is InChI=1S/C57H61N5/c1-9-12-17-34-50-45(7)62(41-26-13-10-2)52-36-25-24-35-51(52)54(53(50)44(6)38-37-43(5)42(4)27-14-11-3)61(8)49-33-23-22-32-48(39-40-49)57-59-55(46-28-18-15-19-29-46)58-56(60-57)47-30-20-16-21-31-47/h9,12-15,17-20,24-32,34-40,49H,6,10-11,16,21-22,41H2,1-5,7-8H3/b12-9-,26-13-,27-14-,34-17-,38-37-,40-39-,43-42+,48-32+. The molecule has 62 heavy (non-hydrogen) atoms. The Balaban J connectivity index is 1.53. The minimum absolute atomic E-state index is 0.289. The molecule has 1 unspecified atom stereocenters. The maximum atomic E-state index is 5.08. The highest BCUT2D eigenvalue weighted by atomic mass is 15.2. The summed E-state index contributed by atoms with van der Waals surface area (Å²) in [6.45, 7) is 18.5. The van der Waals surface area contributed by atoms with Crippen molar-refractivity contribution in [1.82, 2.24) is 19.9 Å². The van der Waals surface area contributed by atoms with Crippen LogP contribution in [0.25, 0.3) is 28.2 Å². The average Bonchev–Trinajstić information content (AvgIpc) is 3.39. The number of anilines is 1. The van der Waals surface area contributed by atoms with Gasteiger partial charge in [-0.3, -0.25) is 0 Å². The first-order valence-corrected chi connectivity index (χ1v) is 22.0. The van der Waals surface area contributed by atoms with E-state index in [-0.39, 0.29) is 6.04 Å². The summed E-state index contributed by atoms with van der Waals surface area (Å²) in [5.41, 5.74) is 12.8. The molecule has 0 amide bonds. The van der Waals surface area contributed by atoms with Gasteiger partial charge in [-0.05, 0) is 82.2 Å². The molecule has 0 fully saturated rings. The summed E-state index contributed by atoms with van der Waals surface area (Å²) in [6.07, 6.45) is 39.3. The molecule has 1 aromatic heterocycles. The second-order valence-corrected chi connectivity index (χ2v) is 15.6. The number of rotatable bonds is 15. The number of benzene rings is 2. The first kappa shape index (κ1) is 44.8. The Labute approximate surface area is 371 Å². The monoisotopic (exact) mass is 815 g/mol. The van der Waals surface area contributed by atoms with Gasteiger partial charge in [0.05, 0.1) is 11.4 Å². The Bertz CT molecular complexity index is 2560. The molecule has 2 heterocycles. The van der Waals surface area contributed by atoms with Gasteiger partial charge in [-0.25, -0.2) is 15.0 Å². The van der Waals surface area contributed by atoms with Gasteiger partial charge in [0.2, 0.25) is 0 Å². The summed E-state index contributed by atoms with van der Waals surface area (Å²) < 4.78 is 0. The third-order valence-corrected chi connectivity index (χ3v) is 11.2. The van der Waals surface area contributed by atoms with Gasteiger partial charge < -0.3 is 9.80 Å². The molecule has 0 saturated heterocycles. The lowest BCUT2D eigenvalue weighted by Crippen LogP contribution is -2.29. The van der Waals surface area contributed by atoms with Crippen molar-refractivity contribution in [1.29, 1.82) is 0 Å². The normalized spacial score (nSPS) is 18.7. The van der Waals surface area contributed by atoms with E-state index in [2.05, 4.69) is 185 Å². The van der Waals surface area contributed by atoms with E-state index in [0.29, 0.717) is 23.9 Å². The lowest BCUT2D eigenvalue weighted by atomic mass is 9.90. The van der Waals surface area contributed by atoms with Crippen molar-refractivity contribution in [3.8, 4) is 23.2 Å². The van der Waals surface area contributed by atoms with Crippen molar-refractivity contribution in [2.24, 2.45) is 0 Å². The average molecular weight is 816 g/mol. The van der Waals surface area contributed by atoms with Gasteiger partial charge in [0, 0.05) is 59.1 Å². The number of nitrogens with zero attached hydrogens (tertiary/aromatic N) is 5. The molecule has 2 aromatic carbocycles. The van der Waals surface area contributed by atoms with Crippen LogP contribution in [-0.4, -0.2) is 39.5 Å².